The molecule has 2 rings (SSSR count). The van der Waals surface area contributed by atoms with Gasteiger partial charge in [0.05, 0.1) is 5.56 Å². The molecule has 0 bridgehead atoms. The minimum atomic E-state index is -0.977. The fraction of sp³-hybridized carbons (Fsp3) is 0.100. The van der Waals surface area contributed by atoms with E-state index in [4.69, 9.17) is 10.8 Å². The number of carbonyl (C=O) groups is 1. The Morgan fingerprint density at radius 3 is 2.86 bits per heavy atom. The smallest absolute Gasteiger partial charge is 0.337 e. The van der Waals surface area contributed by atoms with Gasteiger partial charge in [-0.15, -0.1) is 11.3 Å². The molecule has 0 fully saturated rings. The third-order valence-corrected chi connectivity index (χ3v) is 3.23. The molecule has 0 saturated carbocycles. The van der Waals surface area contributed by atoms with Gasteiger partial charge < -0.3 is 10.8 Å². The first-order chi connectivity index (χ1) is 6.59. The first-order valence-corrected chi connectivity index (χ1v) is 4.98. The summed E-state index contributed by atoms with van der Waals surface area (Å²) in [6.45, 7) is 1.96. The number of carboxylic acids is 1. The normalized spacial score (nSPS) is 10.6. The number of aromatic carboxylic acids is 1. The van der Waals surface area contributed by atoms with Gasteiger partial charge in [-0.2, -0.15) is 0 Å². The maximum atomic E-state index is 10.8. The van der Waals surface area contributed by atoms with Crippen molar-refractivity contribution in [2.45, 2.75) is 6.92 Å². The van der Waals surface area contributed by atoms with Crippen molar-refractivity contribution in [2.24, 2.45) is 0 Å². The van der Waals surface area contributed by atoms with Crippen LogP contribution in [0.25, 0.3) is 10.1 Å². The van der Waals surface area contributed by atoms with E-state index >= 15 is 0 Å². The molecule has 0 spiro atoms. The number of thiophene rings is 1. The molecule has 0 aliphatic heterocycles. The number of rotatable bonds is 1. The second kappa shape index (κ2) is 2.99. The zero-order chi connectivity index (χ0) is 10.3. The summed E-state index contributed by atoms with van der Waals surface area (Å²) in [7, 11) is 0. The fourth-order valence-electron chi connectivity index (χ4n) is 1.40. The van der Waals surface area contributed by atoms with Crippen LogP contribution in [0.4, 0.5) is 5.69 Å². The average molecular weight is 207 g/mol. The van der Waals surface area contributed by atoms with Gasteiger partial charge in [-0.3, -0.25) is 0 Å². The Labute approximate surface area is 84.8 Å². The second-order valence-corrected chi connectivity index (χ2v) is 4.07. The molecule has 0 aliphatic carbocycles. The second-order valence-electron chi connectivity index (χ2n) is 3.16. The molecular weight excluding hydrogens is 198 g/mol. The van der Waals surface area contributed by atoms with E-state index in [1.165, 1.54) is 0 Å². The number of hydrogen-bond acceptors (Lipinski definition) is 3. The van der Waals surface area contributed by atoms with E-state index in [1.807, 2.05) is 12.3 Å². The summed E-state index contributed by atoms with van der Waals surface area (Å²) >= 11 is 1.58. The summed E-state index contributed by atoms with van der Waals surface area (Å²) in [5.41, 5.74) is 7.22. The van der Waals surface area contributed by atoms with Crippen LogP contribution in [0.3, 0.4) is 0 Å². The molecule has 0 aliphatic rings. The molecule has 0 atom stereocenters. The Morgan fingerprint density at radius 2 is 2.21 bits per heavy atom. The van der Waals surface area contributed by atoms with E-state index in [0.717, 1.165) is 15.6 Å². The summed E-state index contributed by atoms with van der Waals surface area (Å²) in [6.07, 6.45) is 0. The molecule has 14 heavy (non-hydrogen) atoms. The molecule has 0 saturated heterocycles. The number of nitrogen functional groups attached to an aromatic ring is 1. The number of fused-ring (bicyclic) bond motifs is 1. The maximum absolute atomic E-state index is 10.8. The number of aryl methyl sites for hydroxylation is 1. The molecule has 0 unspecified atom stereocenters. The first kappa shape index (κ1) is 9.02. The summed E-state index contributed by atoms with van der Waals surface area (Å²) in [5, 5.41) is 11.8. The van der Waals surface area contributed by atoms with Crippen LogP contribution in [-0.4, -0.2) is 11.1 Å². The van der Waals surface area contributed by atoms with Gasteiger partial charge in [0.15, 0.2) is 0 Å². The van der Waals surface area contributed by atoms with Gasteiger partial charge in [-0.25, -0.2) is 4.79 Å². The topological polar surface area (TPSA) is 63.3 Å². The summed E-state index contributed by atoms with van der Waals surface area (Å²) in [5.74, 6) is -0.977. The average Bonchev–Trinajstić information content (AvgIpc) is 2.46. The van der Waals surface area contributed by atoms with Crippen molar-refractivity contribution in [3.8, 4) is 0 Å². The lowest BCUT2D eigenvalue weighted by Gasteiger charge is -2.01. The molecule has 4 heteroatoms. The largest absolute Gasteiger partial charge is 0.478 e. The van der Waals surface area contributed by atoms with E-state index < -0.39 is 5.97 Å². The van der Waals surface area contributed by atoms with E-state index in [2.05, 4.69) is 0 Å². The number of nitrogens with two attached hydrogens (primary N) is 1. The Balaban J connectivity index is 2.80. The molecule has 1 aromatic heterocycles. The number of anilines is 1. The standard InChI is InChI=1S/C10H9NO2S/c1-5-4-14-9-3-8(11)7(10(12)13)2-6(5)9/h2-4H,11H2,1H3,(H,12,13). The zero-order valence-corrected chi connectivity index (χ0v) is 8.39. The third-order valence-electron chi connectivity index (χ3n) is 2.17. The predicted octanol–water partition coefficient (Wildman–Crippen LogP) is 2.49. The van der Waals surface area contributed by atoms with Crippen LogP contribution in [-0.2, 0) is 0 Å². The lowest BCUT2D eigenvalue weighted by Crippen LogP contribution is -2.01. The van der Waals surface area contributed by atoms with Gasteiger partial charge in [0.2, 0.25) is 0 Å². The Bertz CT molecular complexity index is 516. The molecular formula is C10H9NO2S. The van der Waals surface area contributed by atoms with E-state index in [0.29, 0.717) is 5.69 Å². The minimum Gasteiger partial charge on any atom is -0.478 e. The van der Waals surface area contributed by atoms with Crippen LogP contribution in [0.15, 0.2) is 17.5 Å². The van der Waals surface area contributed by atoms with Crippen molar-refractivity contribution in [3.63, 3.8) is 0 Å². The van der Waals surface area contributed by atoms with E-state index in [-0.39, 0.29) is 5.56 Å². The zero-order valence-electron chi connectivity index (χ0n) is 7.57. The predicted molar refractivity (Wildman–Crippen MR) is 57.9 cm³/mol. The minimum absolute atomic E-state index is 0.180. The highest BCUT2D eigenvalue weighted by Gasteiger charge is 2.10. The van der Waals surface area contributed by atoms with Crippen LogP contribution >= 0.6 is 11.3 Å². The van der Waals surface area contributed by atoms with Gasteiger partial charge in [0, 0.05) is 10.4 Å². The highest BCUT2D eigenvalue weighted by molar-refractivity contribution is 7.17. The monoisotopic (exact) mass is 207 g/mol. The lowest BCUT2D eigenvalue weighted by molar-refractivity contribution is 0.0698. The molecule has 0 radical (unpaired) electrons. The van der Waals surface area contributed by atoms with Crippen molar-refractivity contribution in [2.75, 3.05) is 5.73 Å². The molecule has 1 heterocycles. The van der Waals surface area contributed by atoms with Crippen molar-refractivity contribution in [1.29, 1.82) is 0 Å². The quantitative estimate of drug-likeness (QED) is 0.706. The highest BCUT2D eigenvalue weighted by Crippen LogP contribution is 2.29. The van der Waals surface area contributed by atoms with Crippen molar-refractivity contribution in [1.82, 2.24) is 0 Å². The Hall–Kier alpha value is -1.55. The van der Waals surface area contributed by atoms with Gasteiger partial charge >= 0.3 is 5.97 Å². The van der Waals surface area contributed by atoms with Gasteiger partial charge in [0.1, 0.15) is 0 Å². The van der Waals surface area contributed by atoms with Crippen LogP contribution in [0.1, 0.15) is 15.9 Å². The molecule has 72 valence electrons. The van der Waals surface area contributed by atoms with Crippen molar-refractivity contribution < 1.29 is 9.90 Å². The third kappa shape index (κ3) is 1.24. The molecule has 2 aromatic rings. The van der Waals surface area contributed by atoms with E-state index in [1.54, 1.807) is 23.5 Å². The van der Waals surface area contributed by atoms with Gasteiger partial charge in [-0.1, -0.05) is 0 Å². The number of carboxylic acid groups (broad SMARTS) is 1. The Morgan fingerprint density at radius 1 is 1.50 bits per heavy atom. The Kier molecular flexibility index (Phi) is 1.93. The summed E-state index contributed by atoms with van der Waals surface area (Å²) in [4.78, 5) is 10.8. The number of hydrogen-bond donors (Lipinski definition) is 2. The summed E-state index contributed by atoms with van der Waals surface area (Å²) < 4.78 is 1.03. The molecule has 0 amide bonds. The number of benzene rings is 1. The molecule has 3 nitrogen and oxygen atoms in total. The van der Waals surface area contributed by atoms with Crippen molar-refractivity contribution in [3.05, 3.63) is 28.6 Å². The first-order valence-electron chi connectivity index (χ1n) is 4.10. The van der Waals surface area contributed by atoms with Crippen LogP contribution in [0.2, 0.25) is 0 Å². The summed E-state index contributed by atoms with van der Waals surface area (Å²) in [6, 6.07) is 3.36. The van der Waals surface area contributed by atoms with Crippen LogP contribution < -0.4 is 5.73 Å². The van der Waals surface area contributed by atoms with Crippen LogP contribution in [0, 0.1) is 6.92 Å². The molecule has 1 aromatic carbocycles. The fourth-order valence-corrected chi connectivity index (χ4v) is 2.37. The highest BCUT2D eigenvalue weighted by atomic mass is 32.1. The van der Waals surface area contributed by atoms with Gasteiger partial charge in [0.25, 0.3) is 0 Å². The SMILES string of the molecule is Cc1csc2cc(N)c(C(=O)O)cc12. The lowest BCUT2D eigenvalue weighted by atomic mass is 10.1. The molecule has 3 N–H and O–H groups in total. The van der Waals surface area contributed by atoms with E-state index in [9.17, 15) is 4.79 Å². The maximum Gasteiger partial charge on any atom is 0.337 e. The van der Waals surface area contributed by atoms with Crippen LogP contribution in [0.5, 0.6) is 0 Å². The van der Waals surface area contributed by atoms with Crippen molar-refractivity contribution >= 4 is 33.1 Å². The van der Waals surface area contributed by atoms with Gasteiger partial charge in [-0.05, 0) is 35.4 Å².